The van der Waals surface area contributed by atoms with Crippen molar-refractivity contribution in [3.05, 3.63) is 0 Å². The molecule has 2 aliphatic heterocycles. The van der Waals surface area contributed by atoms with E-state index in [4.69, 9.17) is 9.47 Å². The second kappa shape index (κ2) is 3.83. The van der Waals surface area contributed by atoms with Gasteiger partial charge in [-0.25, -0.2) is 0 Å². The first-order valence-corrected chi connectivity index (χ1v) is 9.94. The Hall–Kier alpha value is -0.120. The molecular formula is C20H30O3. The molecule has 23 heavy (non-hydrogen) atoms. The highest BCUT2D eigenvalue weighted by Crippen LogP contribution is 2.75. The van der Waals surface area contributed by atoms with Crippen molar-refractivity contribution < 1.29 is 14.6 Å². The van der Waals surface area contributed by atoms with Gasteiger partial charge in [-0.15, -0.1) is 0 Å². The SMILES string of the molecule is CC12CCC3C(CC4OC45CC(O)CCC35C)C1CCC21CO1. The lowest BCUT2D eigenvalue weighted by atomic mass is 9.44. The normalized spacial score (nSPS) is 68.7. The highest BCUT2D eigenvalue weighted by Gasteiger charge is 2.78. The summed E-state index contributed by atoms with van der Waals surface area (Å²) >= 11 is 0. The molecule has 4 saturated carbocycles. The third-order valence-corrected chi connectivity index (χ3v) is 9.84. The number of hydrogen-bond donors (Lipinski definition) is 1. The highest BCUT2D eigenvalue weighted by atomic mass is 16.6. The number of epoxide rings is 2. The average Bonchev–Trinajstić information content (AvgIpc) is 3.38. The molecule has 0 bridgehead atoms. The van der Waals surface area contributed by atoms with Gasteiger partial charge in [-0.2, -0.15) is 0 Å². The number of rotatable bonds is 0. The van der Waals surface area contributed by atoms with Crippen molar-refractivity contribution in [2.75, 3.05) is 6.61 Å². The van der Waals surface area contributed by atoms with Crippen LogP contribution >= 0.6 is 0 Å². The van der Waals surface area contributed by atoms with E-state index >= 15 is 0 Å². The molecule has 0 aromatic carbocycles. The molecule has 6 aliphatic rings. The molecule has 2 heterocycles. The van der Waals surface area contributed by atoms with Crippen LogP contribution in [0.3, 0.4) is 0 Å². The summed E-state index contributed by atoms with van der Waals surface area (Å²) in [4.78, 5) is 0. The molecule has 4 aliphatic carbocycles. The van der Waals surface area contributed by atoms with E-state index in [0.29, 0.717) is 16.9 Å². The third kappa shape index (κ3) is 1.39. The highest BCUT2D eigenvalue weighted by molar-refractivity contribution is 5.26. The molecule has 0 aromatic rings. The zero-order valence-corrected chi connectivity index (χ0v) is 14.5. The van der Waals surface area contributed by atoms with E-state index in [-0.39, 0.29) is 17.3 Å². The quantitative estimate of drug-likeness (QED) is 0.697. The van der Waals surface area contributed by atoms with E-state index in [1.54, 1.807) is 0 Å². The summed E-state index contributed by atoms with van der Waals surface area (Å²) in [5.41, 5.74) is 1.02. The van der Waals surface area contributed by atoms with E-state index in [1.807, 2.05) is 0 Å². The van der Waals surface area contributed by atoms with E-state index in [0.717, 1.165) is 43.6 Å². The Morgan fingerprint density at radius 1 is 0.957 bits per heavy atom. The Labute approximate surface area is 139 Å². The van der Waals surface area contributed by atoms with Crippen LogP contribution in [0.25, 0.3) is 0 Å². The van der Waals surface area contributed by atoms with Crippen molar-refractivity contribution in [1.29, 1.82) is 0 Å². The van der Waals surface area contributed by atoms with Crippen molar-refractivity contribution in [2.45, 2.75) is 88.6 Å². The van der Waals surface area contributed by atoms with E-state index in [1.165, 1.54) is 32.1 Å². The second-order valence-electron chi connectivity index (χ2n) is 10.2. The largest absolute Gasteiger partial charge is 0.393 e. The topological polar surface area (TPSA) is 45.3 Å². The first-order chi connectivity index (χ1) is 10.9. The van der Waals surface area contributed by atoms with Gasteiger partial charge in [0.15, 0.2) is 0 Å². The van der Waals surface area contributed by atoms with Gasteiger partial charge in [-0.1, -0.05) is 13.8 Å². The van der Waals surface area contributed by atoms with Gasteiger partial charge in [-0.05, 0) is 62.7 Å². The summed E-state index contributed by atoms with van der Waals surface area (Å²) in [5, 5.41) is 10.2. The molecule has 3 nitrogen and oxygen atoms in total. The zero-order valence-electron chi connectivity index (χ0n) is 14.5. The van der Waals surface area contributed by atoms with Crippen molar-refractivity contribution in [3.63, 3.8) is 0 Å². The molecule has 3 heteroatoms. The molecular weight excluding hydrogens is 288 g/mol. The number of ether oxygens (including phenoxy) is 2. The fraction of sp³-hybridized carbons (Fsp3) is 1.00. The van der Waals surface area contributed by atoms with E-state index in [2.05, 4.69) is 13.8 Å². The van der Waals surface area contributed by atoms with Crippen LogP contribution in [0.4, 0.5) is 0 Å². The van der Waals surface area contributed by atoms with Crippen molar-refractivity contribution in [1.82, 2.24) is 0 Å². The fourth-order valence-corrected chi connectivity index (χ4v) is 8.31. The molecule has 6 rings (SSSR count). The Morgan fingerprint density at radius 2 is 1.65 bits per heavy atom. The van der Waals surface area contributed by atoms with E-state index < -0.39 is 0 Å². The number of aliphatic hydroxyl groups is 1. The van der Waals surface area contributed by atoms with Crippen LogP contribution in [-0.4, -0.2) is 35.1 Å². The van der Waals surface area contributed by atoms with Crippen LogP contribution in [0.1, 0.15) is 65.2 Å². The first-order valence-electron chi connectivity index (χ1n) is 9.94. The van der Waals surface area contributed by atoms with Gasteiger partial charge in [0.05, 0.1) is 24.4 Å². The minimum absolute atomic E-state index is 0.0337. The second-order valence-corrected chi connectivity index (χ2v) is 10.2. The van der Waals surface area contributed by atoms with Gasteiger partial charge >= 0.3 is 0 Å². The summed E-state index contributed by atoms with van der Waals surface area (Å²) in [6, 6.07) is 0. The van der Waals surface area contributed by atoms with Crippen LogP contribution < -0.4 is 0 Å². The van der Waals surface area contributed by atoms with Crippen LogP contribution in [0, 0.1) is 28.6 Å². The lowest BCUT2D eigenvalue weighted by molar-refractivity contribution is -0.115. The maximum atomic E-state index is 10.2. The molecule has 6 fully saturated rings. The van der Waals surface area contributed by atoms with Crippen LogP contribution in [0.2, 0.25) is 0 Å². The molecule has 0 radical (unpaired) electrons. The summed E-state index contributed by atoms with van der Waals surface area (Å²) in [5.74, 6) is 2.48. The summed E-state index contributed by atoms with van der Waals surface area (Å²) < 4.78 is 12.4. The Kier molecular flexibility index (Phi) is 2.35. The number of aliphatic hydroxyl groups excluding tert-OH is 1. The fourth-order valence-electron chi connectivity index (χ4n) is 8.31. The molecule has 1 N–H and O–H groups in total. The lowest BCUT2D eigenvalue weighted by Gasteiger charge is -2.59. The van der Waals surface area contributed by atoms with Crippen molar-refractivity contribution >= 4 is 0 Å². The van der Waals surface area contributed by atoms with Crippen molar-refractivity contribution in [3.8, 4) is 0 Å². The zero-order chi connectivity index (χ0) is 15.7. The molecule has 0 aromatic heterocycles. The Morgan fingerprint density at radius 3 is 2.43 bits per heavy atom. The minimum atomic E-state index is -0.131. The van der Waals surface area contributed by atoms with Crippen LogP contribution in [0.15, 0.2) is 0 Å². The smallest absolute Gasteiger partial charge is 0.103 e. The number of hydrogen-bond acceptors (Lipinski definition) is 3. The van der Waals surface area contributed by atoms with Gasteiger partial charge in [-0.3, -0.25) is 0 Å². The maximum absolute atomic E-state index is 10.2. The average molecular weight is 318 g/mol. The molecule has 2 spiro atoms. The van der Waals surface area contributed by atoms with Gasteiger partial charge < -0.3 is 14.6 Å². The molecule has 9 atom stereocenters. The van der Waals surface area contributed by atoms with Crippen LogP contribution in [-0.2, 0) is 9.47 Å². The minimum Gasteiger partial charge on any atom is -0.393 e. The van der Waals surface area contributed by atoms with Gasteiger partial charge in [0.1, 0.15) is 5.60 Å². The van der Waals surface area contributed by atoms with E-state index in [9.17, 15) is 5.11 Å². The lowest BCUT2D eigenvalue weighted by Crippen LogP contribution is -2.59. The summed E-state index contributed by atoms with van der Waals surface area (Å²) in [7, 11) is 0. The summed E-state index contributed by atoms with van der Waals surface area (Å²) in [6.07, 6.45) is 9.96. The van der Waals surface area contributed by atoms with Crippen LogP contribution in [0.5, 0.6) is 0 Å². The predicted octanol–water partition coefficient (Wildman–Crippen LogP) is 3.29. The molecule has 128 valence electrons. The maximum Gasteiger partial charge on any atom is 0.103 e. The van der Waals surface area contributed by atoms with Gasteiger partial charge in [0, 0.05) is 17.3 Å². The number of fused-ring (bicyclic) bond motifs is 5. The van der Waals surface area contributed by atoms with Gasteiger partial charge in [0.2, 0.25) is 0 Å². The Balaban J connectivity index is 1.39. The molecule has 9 unspecified atom stereocenters. The van der Waals surface area contributed by atoms with Gasteiger partial charge in [0.25, 0.3) is 0 Å². The predicted molar refractivity (Wildman–Crippen MR) is 85.9 cm³/mol. The standard InChI is InChI=1S/C20H30O3/c1-17-7-4-15-13(14(17)5-8-19(17)11-22-19)9-16-20(23-16)10-12(21)3-6-18(15,20)2/h12-16,21H,3-11H2,1-2H3. The molecule has 0 amide bonds. The summed E-state index contributed by atoms with van der Waals surface area (Å²) in [6.45, 7) is 6.07. The third-order valence-electron chi connectivity index (χ3n) is 9.84. The first kappa shape index (κ1) is 14.1. The Bertz CT molecular complexity index is 571. The monoisotopic (exact) mass is 318 g/mol. The van der Waals surface area contributed by atoms with Crippen molar-refractivity contribution in [2.24, 2.45) is 28.6 Å². The molecule has 2 saturated heterocycles.